The van der Waals surface area contributed by atoms with Crippen LogP contribution in [0.2, 0.25) is 0 Å². The maximum atomic E-state index is 13.3. The Hall–Kier alpha value is -5.32. The third-order valence-electron chi connectivity index (χ3n) is 16.0. The van der Waals surface area contributed by atoms with E-state index in [1.165, 1.54) is 60.2 Å². The van der Waals surface area contributed by atoms with Crippen molar-refractivity contribution in [1.29, 1.82) is 0 Å². The van der Waals surface area contributed by atoms with E-state index in [4.69, 9.17) is 15.2 Å². The highest BCUT2D eigenvalue weighted by Crippen LogP contribution is 2.43. The summed E-state index contributed by atoms with van der Waals surface area (Å²) in [6.07, 6.45) is 8.25. The molecule has 0 bridgehead atoms. The van der Waals surface area contributed by atoms with E-state index in [0.717, 1.165) is 56.1 Å². The lowest BCUT2D eigenvalue weighted by molar-refractivity contribution is -0.158. The van der Waals surface area contributed by atoms with Crippen molar-refractivity contribution in [3.8, 4) is 11.5 Å². The Morgan fingerprint density at radius 2 is 1.08 bits per heavy atom. The summed E-state index contributed by atoms with van der Waals surface area (Å²) in [7, 11) is 5.39. The van der Waals surface area contributed by atoms with E-state index in [0.29, 0.717) is 63.2 Å². The molecule has 6 aliphatic rings. The summed E-state index contributed by atoms with van der Waals surface area (Å²) in [4.78, 5) is 114. The molecule has 2 spiro atoms. The quantitative estimate of drug-likeness (QED) is 0.113. The predicted molar refractivity (Wildman–Crippen MR) is 338 cm³/mol. The number of aromatic hydroxyl groups is 2. The Morgan fingerprint density at radius 3 is 1.59 bits per heavy atom. The molecule has 6 amide bonds. The van der Waals surface area contributed by atoms with Crippen LogP contribution >= 0.6 is 55.6 Å². The average Bonchev–Trinajstić information content (AvgIpc) is 2.04. The molecule has 8 unspecified atom stereocenters. The molecule has 8 rings (SSSR count). The van der Waals surface area contributed by atoms with Gasteiger partial charge >= 0.3 is 24.0 Å². The van der Waals surface area contributed by atoms with Crippen LogP contribution in [-0.4, -0.2) is 176 Å². The molecule has 6 fully saturated rings. The highest BCUT2D eigenvalue weighted by atomic mass is 35.5. The van der Waals surface area contributed by atoms with E-state index in [1.807, 2.05) is 20.8 Å². The number of hydrogen-bond acceptors (Lipinski definition) is 19. The average molecular weight is 1310 g/mol. The first kappa shape index (κ1) is 72.4. The minimum atomic E-state index is -1.09. The number of carbonyl (C=O) groups excluding carboxylic acids is 7. The number of amides is 6. The number of aliphatic carboxylic acids is 2. The first-order chi connectivity index (χ1) is 40.6. The van der Waals surface area contributed by atoms with Crippen molar-refractivity contribution in [2.75, 3.05) is 49.2 Å². The van der Waals surface area contributed by atoms with Crippen LogP contribution in [0.5, 0.6) is 11.5 Å². The van der Waals surface area contributed by atoms with Crippen LogP contribution in [0.1, 0.15) is 142 Å². The highest BCUT2D eigenvalue weighted by molar-refractivity contribution is 8.77. The standard InChI is InChI=1S/C25H34N4O6S2.C18H31N3O4S2.C16H21NO5.ClH/c30-16-5-3-15(4-6-16)17-7-11-26-20(17)22(32)28-18-13-36-37-14-19(23(33)34)29-24(35)25(8-1-2-9-25)10-12-27-21(18)31;1-17(2,3)25-15(23)13-11-27-26-10-12(19)14(22)20-9-8-18(16(24)21-13)6-4-5-7-18;1-16(2,3)22-15(21)17-9-8-12(13(17)14(19)20)10-4-6-11(18)7-5-10;/h3-6,17-20,26,30H,1-2,7-14H2,(H,27,31)(H,28,32)(H,29,35)(H,33,34);12-13H,4-11,19H2,1-3H3,(H,20,22)(H,21,24);4-7,12-13,18H,8-9H2,1-3H3,(H,19,20);1H. The number of nitrogens with zero attached hydrogens (tertiary/aromatic N) is 1. The number of phenols is 2. The first-order valence-corrected chi connectivity index (χ1v) is 34.3. The number of carboxylic acids is 2. The van der Waals surface area contributed by atoms with Gasteiger partial charge in [0, 0.05) is 54.5 Å². The lowest BCUT2D eigenvalue weighted by Crippen LogP contribution is -2.54. The number of benzene rings is 2. The molecular formula is C59H87ClN8O15S4. The zero-order valence-electron chi connectivity index (χ0n) is 50.2. The van der Waals surface area contributed by atoms with Gasteiger partial charge in [-0.1, -0.05) is 93.1 Å². The maximum Gasteiger partial charge on any atom is 0.411 e. The smallest absolute Gasteiger partial charge is 0.411 e. The zero-order chi connectivity index (χ0) is 63.0. The topological polar surface area (TPSA) is 354 Å². The Labute approximate surface area is 530 Å². The number of carboxylic acid groups (broad SMARTS) is 2. The van der Waals surface area contributed by atoms with Gasteiger partial charge in [0.25, 0.3) is 0 Å². The van der Waals surface area contributed by atoms with E-state index in [9.17, 15) is 63.6 Å². The van der Waals surface area contributed by atoms with Gasteiger partial charge in [0.15, 0.2) is 0 Å². The molecule has 0 radical (unpaired) electrons. The lowest BCUT2D eigenvalue weighted by atomic mass is 9.81. The molecule has 484 valence electrons. The molecular weight excluding hydrogens is 1220 g/mol. The molecule has 23 nitrogen and oxygen atoms in total. The van der Waals surface area contributed by atoms with Crippen molar-refractivity contribution >= 4 is 109 Å². The van der Waals surface area contributed by atoms with Gasteiger partial charge in [-0.15, -0.1) is 12.4 Å². The Kier molecular flexibility index (Phi) is 27.4. The summed E-state index contributed by atoms with van der Waals surface area (Å²) in [6, 6.07) is 8.60. The number of hydrogen-bond donors (Lipinski definition) is 11. The van der Waals surface area contributed by atoms with Gasteiger partial charge in [-0.2, -0.15) is 0 Å². The van der Waals surface area contributed by atoms with Crippen LogP contribution in [0.25, 0.3) is 0 Å². The number of halogens is 1. The van der Waals surface area contributed by atoms with E-state index < -0.39 is 82.3 Å². The number of nitrogens with two attached hydrogens (primary N) is 1. The van der Waals surface area contributed by atoms with Gasteiger partial charge in [0.05, 0.1) is 22.9 Å². The summed E-state index contributed by atoms with van der Waals surface area (Å²) in [5.74, 6) is -2.63. The lowest BCUT2D eigenvalue weighted by Gasteiger charge is -2.31. The second-order valence-corrected chi connectivity index (χ2v) is 29.8. The second-order valence-electron chi connectivity index (χ2n) is 24.6. The van der Waals surface area contributed by atoms with Gasteiger partial charge < -0.3 is 67.5 Å². The summed E-state index contributed by atoms with van der Waals surface area (Å²) in [6.45, 7) is 12.3. The van der Waals surface area contributed by atoms with Gasteiger partial charge in [0.2, 0.25) is 29.5 Å². The summed E-state index contributed by atoms with van der Waals surface area (Å²) in [5.41, 5.74) is 5.14. The zero-order valence-corrected chi connectivity index (χ0v) is 54.3. The number of carbonyl (C=O) groups is 9. The Morgan fingerprint density at radius 1 is 0.609 bits per heavy atom. The summed E-state index contributed by atoms with van der Waals surface area (Å²) in [5, 5.41) is 55.6. The van der Waals surface area contributed by atoms with Crippen molar-refractivity contribution in [3.05, 3.63) is 59.7 Å². The van der Waals surface area contributed by atoms with Gasteiger partial charge in [-0.3, -0.25) is 28.9 Å². The van der Waals surface area contributed by atoms with E-state index in [2.05, 4.69) is 31.9 Å². The second kappa shape index (κ2) is 33.0. The number of esters is 1. The molecule has 4 saturated heterocycles. The fourth-order valence-electron chi connectivity index (χ4n) is 11.5. The molecule has 12 N–H and O–H groups in total. The van der Waals surface area contributed by atoms with Crippen LogP contribution in [0, 0.1) is 10.8 Å². The van der Waals surface area contributed by atoms with E-state index >= 15 is 0 Å². The van der Waals surface area contributed by atoms with Gasteiger partial charge in [-0.05, 0) is 135 Å². The van der Waals surface area contributed by atoms with Crippen LogP contribution in [-0.2, 0) is 47.8 Å². The van der Waals surface area contributed by atoms with E-state index in [-0.39, 0.29) is 83.3 Å². The van der Waals surface area contributed by atoms with Gasteiger partial charge in [-0.25, -0.2) is 19.2 Å². The van der Waals surface area contributed by atoms with Crippen molar-refractivity contribution in [2.45, 2.75) is 178 Å². The number of phenolic OH excluding ortho intramolecular Hbond substituents is 2. The van der Waals surface area contributed by atoms with Crippen molar-refractivity contribution in [1.82, 2.24) is 36.8 Å². The minimum absolute atomic E-state index is 0. The molecule has 87 heavy (non-hydrogen) atoms. The Bertz CT molecular complexity index is 2690. The fourth-order valence-corrected chi connectivity index (χ4v) is 16.1. The molecule has 28 heteroatoms. The van der Waals surface area contributed by atoms with Crippen LogP contribution in [0.4, 0.5) is 4.79 Å². The molecule has 2 aliphatic carbocycles. The molecule has 4 heterocycles. The molecule has 2 saturated carbocycles. The molecule has 4 aliphatic heterocycles. The van der Waals surface area contributed by atoms with Crippen LogP contribution < -0.4 is 37.6 Å². The number of rotatable bonds is 7. The largest absolute Gasteiger partial charge is 0.508 e. The Balaban J connectivity index is 0.000000246. The number of likely N-dealkylation sites (tertiary alicyclic amines) is 1. The summed E-state index contributed by atoms with van der Waals surface area (Å²) < 4.78 is 10.8. The maximum absolute atomic E-state index is 13.3. The molecule has 2 aromatic rings. The monoisotopic (exact) mass is 1310 g/mol. The van der Waals surface area contributed by atoms with E-state index in [1.54, 1.807) is 57.2 Å². The van der Waals surface area contributed by atoms with Crippen LogP contribution in [0.15, 0.2) is 48.5 Å². The first-order valence-electron chi connectivity index (χ1n) is 29.3. The number of ether oxygens (including phenoxy) is 2. The van der Waals surface area contributed by atoms with Crippen molar-refractivity contribution < 1.29 is 73.1 Å². The fraction of sp³-hybridized carbons (Fsp3) is 0.644. The number of nitrogens with one attached hydrogen (secondary N) is 6. The van der Waals surface area contributed by atoms with Gasteiger partial charge in [0.1, 0.15) is 46.9 Å². The molecule has 0 aromatic heterocycles. The molecule has 2 aromatic carbocycles. The van der Waals surface area contributed by atoms with Crippen molar-refractivity contribution in [3.63, 3.8) is 0 Å². The summed E-state index contributed by atoms with van der Waals surface area (Å²) >= 11 is 0. The third kappa shape index (κ3) is 21.1. The predicted octanol–water partition coefficient (Wildman–Crippen LogP) is 5.95. The third-order valence-corrected chi connectivity index (χ3v) is 20.9. The SMILES string of the molecule is CC(C)(C)OC(=O)C1CSSCC(N)C(=O)NCCC2(CCCC2)C(=O)N1.CC(C)(C)OC(=O)N1CCC(c2ccc(O)cc2)C1C(=O)O.Cl.O=C(O)C1CSSCC(NC(=O)C2NCCC2c2ccc(O)cc2)C(=O)NCCC2(CCCC2)C(=O)N1. The minimum Gasteiger partial charge on any atom is -0.508 e. The molecule has 8 atom stereocenters. The van der Waals surface area contributed by atoms with Crippen LogP contribution in [0.3, 0.4) is 0 Å². The highest BCUT2D eigenvalue weighted by Gasteiger charge is 2.46. The normalized spacial score (nSPS) is 26.4. The van der Waals surface area contributed by atoms with Crippen molar-refractivity contribution in [2.24, 2.45) is 16.6 Å².